The van der Waals surface area contributed by atoms with Crippen LogP contribution in [0.4, 0.5) is 5.13 Å². The first-order valence-corrected chi connectivity index (χ1v) is 9.36. The summed E-state index contributed by atoms with van der Waals surface area (Å²) >= 11 is 1.55. The van der Waals surface area contributed by atoms with Gasteiger partial charge in [0.05, 0.1) is 16.5 Å². The zero-order chi connectivity index (χ0) is 16.5. The number of fused-ring (bicyclic) bond motifs is 1. The SMILES string of the molecule is Cc1nc(NC(=O)C2CCCC3CNNC32)sc1-c1ccccc1. The largest absolute Gasteiger partial charge is 0.302 e. The lowest BCUT2D eigenvalue weighted by Crippen LogP contribution is -2.45. The number of hydrogen-bond acceptors (Lipinski definition) is 5. The van der Waals surface area contributed by atoms with Crippen LogP contribution in [-0.2, 0) is 4.79 Å². The Morgan fingerprint density at radius 2 is 2.12 bits per heavy atom. The van der Waals surface area contributed by atoms with E-state index >= 15 is 0 Å². The molecule has 1 aromatic carbocycles. The van der Waals surface area contributed by atoms with Gasteiger partial charge < -0.3 is 5.32 Å². The van der Waals surface area contributed by atoms with E-state index in [1.54, 1.807) is 11.3 Å². The van der Waals surface area contributed by atoms with Gasteiger partial charge in [0.1, 0.15) is 0 Å². The van der Waals surface area contributed by atoms with E-state index in [2.05, 4.69) is 33.3 Å². The summed E-state index contributed by atoms with van der Waals surface area (Å²) in [4.78, 5) is 18.4. The second-order valence-electron chi connectivity index (χ2n) is 6.64. The molecule has 3 atom stereocenters. The maximum Gasteiger partial charge on any atom is 0.230 e. The molecule has 6 heteroatoms. The second-order valence-corrected chi connectivity index (χ2v) is 7.64. The molecule has 3 N–H and O–H groups in total. The van der Waals surface area contributed by atoms with Crippen LogP contribution in [0.1, 0.15) is 25.0 Å². The molecule has 24 heavy (non-hydrogen) atoms. The molecule has 0 bridgehead atoms. The first-order valence-electron chi connectivity index (χ1n) is 8.54. The van der Waals surface area contributed by atoms with Crippen LogP contribution in [0.15, 0.2) is 30.3 Å². The molecule has 1 saturated heterocycles. The molecule has 2 fully saturated rings. The number of carbonyl (C=O) groups excluding carboxylic acids is 1. The highest BCUT2D eigenvalue weighted by Gasteiger charge is 2.40. The lowest BCUT2D eigenvalue weighted by atomic mass is 9.77. The zero-order valence-electron chi connectivity index (χ0n) is 13.7. The number of aryl methyl sites for hydroxylation is 1. The number of nitrogens with zero attached hydrogens (tertiary/aromatic N) is 1. The van der Waals surface area contributed by atoms with Crippen LogP contribution in [0.25, 0.3) is 10.4 Å². The van der Waals surface area contributed by atoms with Gasteiger partial charge in [0, 0.05) is 12.6 Å². The molecule has 2 aliphatic rings. The fourth-order valence-electron chi connectivity index (χ4n) is 3.84. The summed E-state index contributed by atoms with van der Waals surface area (Å²) < 4.78 is 0. The van der Waals surface area contributed by atoms with Crippen molar-refractivity contribution in [3.05, 3.63) is 36.0 Å². The summed E-state index contributed by atoms with van der Waals surface area (Å²) in [5.74, 6) is 0.671. The summed E-state index contributed by atoms with van der Waals surface area (Å²) in [6, 6.07) is 10.4. The molecule has 2 aromatic rings. The van der Waals surface area contributed by atoms with E-state index in [9.17, 15) is 4.79 Å². The molecule has 4 rings (SSSR count). The number of anilines is 1. The number of benzene rings is 1. The van der Waals surface area contributed by atoms with E-state index < -0.39 is 0 Å². The Kier molecular flexibility index (Phi) is 4.35. The van der Waals surface area contributed by atoms with Crippen molar-refractivity contribution in [1.82, 2.24) is 15.8 Å². The van der Waals surface area contributed by atoms with Gasteiger partial charge in [-0.2, -0.15) is 0 Å². The number of rotatable bonds is 3. The van der Waals surface area contributed by atoms with E-state index in [1.165, 1.54) is 6.42 Å². The predicted octanol–water partition coefficient (Wildman–Crippen LogP) is 2.95. The Balaban J connectivity index is 1.50. The summed E-state index contributed by atoms with van der Waals surface area (Å²) in [5.41, 5.74) is 8.60. The predicted molar refractivity (Wildman–Crippen MR) is 96.7 cm³/mol. The highest BCUT2D eigenvalue weighted by molar-refractivity contribution is 7.19. The van der Waals surface area contributed by atoms with Gasteiger partial charge in [0.25, 0.3) is 0 Å². The Bertz CT molecular complexity index is 730. The molecule has 0 spiro atoms. The summed E-state index contributed by atoms with van der Waals surface area (Å²) in [5, 5.41) is 3.75. The lowest BCUT2D eigenvalue weighted by molar-refractivity contribution is -0.121. The third-order valence-corrected chi connectivity index (χ3v) is 6.19. The molecule has 1 amide bonds. The molecule has 1 saturated carbocycles. The standard InChI is InChI=1S/C18H22N4OS/c1-11-16(12-6-3-2-4-7-12)24-18(20-11)21-17(23)14-9-5-8-13-10-19-22-15(13)14/h2-4,6-7,13-15,19,22H,5,8-10H2,1H3,(H,20,21,23). The smallest absolute Gasteiger partial charge is 0.230 e. The van der Waals surface area contributed by atoms with Crippen LogP contribution in [0.5, 0.6) is 0 Å². The molecule has 3 unspecified atom stereocenters. The van der Waals surface area contributed by atoms with Gasteiger partial charge >= 0.3 is 0 Å². The second kappa shape index (κ2) is 6.63. The molecular formula is C18H22N4OS. The Morgan fingerprint density at radius 1 is 1.29 bits per heavy atom. The molecule has 0 radical (unpaired) electrons. The monoisotopic (exact) mass is 342 g/mol. The number of thiazole rings is 1. The first-order chi connectivity index (χ1) is 11.7. The van der Waals surface area contributed by atoms with Crippen molar-refractivity contribution in [3.8, 4) is 10.4 Å². The number of carbonyl (C=O) groups is 1. The summed E-state index contributed by atoms with van der Waals surface area (Å²) in [7, 11) is 0. The first kappa shape index (κ1) is 15.7. The Hall–Kier alpha value is -1.76. The van der Waals surface area contributed by atoms with E-state index in [4.69, 9.17) is 0 Å². The van der Waals surface area contributed by atoms with Crippen LogP contribution in [0.3, 0.4) is 0 Å². The summed E-state index contributed by atoms with van der Waals surface area (Å²) in [6.45, 7) is 2.95. The minimum atomic E-state index is 0.0168. The molecular weight excluding hydrogens is 320 g/mol. The molecule has 1 aliphatic heterocycles. The number of hydrogen-bond donors (Lipinski definition) is 3. The van der Waals surface area contributed by atoms with E-state index in [0.717, 1.165) is 35.5 Å². The lowest BCUT2D eigenvalue weighted by Gasteiger charge is -2.31. The van der Waals surface area contributed by atoms with Crippen molar-refractivity contribution < 1.29 is 4.79 Å². The van der Waals surface area contributed by atoms with Gasteiger partial charge in [-0.25, -0.2) is 4.98 Å². The highest BCUT2D eigenvalue weighted by Crippen LogP contribution is 2.35. The van der Waals surface area contributed by atoms with E-state index in [1.807, 2.05) is 25.1 Å². The van der Waals surface area contributed by atoms with Crippen LogP contribution in [0, 0.1) is 18.8 Å². The van der Waals surface area contributed by atoms with Gasteiger partial charge in [-0.05, 0) is 31.2 Å². The van der Waals surface area contributed by atoms with Crippen molar-refractivity contribution in [3.63, 3.8) is 0 Å². The van der Waals surface area contributed by atoms with Crippen molar-refractivity contribution in [2.45, 2.75) is 32.2 Å². The fourth-order valence-corrected chi connectivity index (χ4v) is 4.82. The van der Waals surface area contributed by atoms with Crippen LogP contribution >= 0.6 is 11.3 Å². The average Bonchev–Trinajstić information content (AvgIpc) is 3.21. The Morgan fingerprint density at radius 3 is 2.96 bits per heavy atom. The van der Waals surface area contributed by atoms with Crippen molar-refractivity contribution in [2.75, 3.05) is 11.9 Å². The molecule has 1 aliphatic carbocycles. The van der Waals surface area contributed by atoms with Crippen LogP contribution in [-0.4, -0.2) is 23.5 Å². The molecule has 1 aromatic heterocycles. The number of amides is 1. The average molecular weight is 342 g/mol. The van der Waals surface area contributed by atoms with E-state index in [-0.39, 0.29) is 17.9 Å². The van der Waals surface area contributed by atoms with Gasteiger partial charge in [-0.1, -0.05) is 48.1 Å². The minimum Gasteiger partial charge on any atom is -0.302 e. The van der Waals surface area contributed by atoms with Gasteiger partial charge in [-0.3, -0.25) is 15.6 Å². The van der Waals surface area contributed by atoms with Gasteiger partial charge in [0.15, 0.2) is 5.13 Å². The minimum absolute atomic E-state index is 0.0168. The van der Waals surface area contributed by atoms with Crippen LogP contribution < -0.4 is 16.2 Å². The topological polar surface area (TPSA) is 66.0 Å². The highest BCUT2D eigenvalue weighted by atomic mass is 32.1. The van der Waals surface area contributed by atoms with Crippen molar-refractivity contribution in [2.24, 2.45) is 11.8 Å². The normalized spacial score (nSPS) is 26.1. The Labute approximate surface area is 145 Å². The maximum absolute atomic E-state index is 12.8. The number of nitrogens with one attached hydrogen (secondary N) is 3. The number of hydrazine groups is 1. The molecule has 5 nitrogen and oxygen atoms in total. The molecule has 2 heterocycles. The van der Waals surface area contributed by atoms with E-state index in [0.29, 0.717) is 11.0 Å². The maximum atomic E-state index is 12.8. The molecule has 126 valence electrons. The third kappa shape index (κ3) is 2.97. The third-order valence-electron chi connectivity index (χ3n) is 5.06. The van der Waals surface area contributed by atoms with Crippen molar-refractivity contribution >= 4 is 22.4 Å². The van der Waals surface area contributed by atoms with Crippen LogP contribution in [0.2, 0.25) is 0 Å². The quantitative estimate of drug-likeness (QED) is 0.802. The number of aromatic nitrogens is 1. The summed E-state index contributed by atoms with van der Waals surface area (Å²) in [6.07, 6.45) is 3.26. The van der Waals surface area contributed by atoms with Crippen molar-refractivity contribution in [1.29, 1.82) is 0 Å². The fraction of sp³-hybridized carbons (Fsp3) is 0.444. The zero-order valence-corrected chi connectivity index (χ0v) is 14.5. The van der Waals surface area contributed by atoms with Gasteiger partial charge in [0.2, 0.25) is 5.91 Å². The van der Waals surface area contributed by atoms with Gasteiger partial charge in [-0.15, -0.1) is 0 Å².